The summed E-state index contributed by atoms with van der Waals surface area (Å²) in [4.78, 5) is 0.0220. The molecule has 52 valence electrons. The van der Waals surface area contributed by atoms with E-state index in [-0.39, 0.29) is 11.0 Å². The molecule has 1 unspecified atom stereocenters. The van der Waals surface area contributed by atoms with Crippen LogP contribution < -0.4 is 5.73 Å². The van der Waals surface area contributed by atoms with Crippen LogP contribution in [0.1, 0.15) is 6.42 Å². The van der Waals surface area contributed by atoms with E-state index in [2.05, 4.69) is 0 Å². The molecule has 1 saturated heterocycles. The molecule has 1 rings (SSSR count). The third-order valence-corrected chi connectivity index (χ3v) is 2.84. The minimum absolute atomic E-state index is 0.0220. The molecular formula is C5H11AlFNO. The van der Waals surface area contributed by atoms with Crippen molar-refractivity contribution in [2.24, 2.45) is 5.73 Å². The topological polar surface area (TPSA) is 35.2 Å². The SMILES string of the molecule is N[C@@H]1C(F)CCO[C@H]1[AlH2]. The number of rotatable bonds is 0. The van der Waals surface area contributed by atoms with Crippen molar-refractivity contribution in [3.63, 3.8) is 0 Å². The summed E-state index contributed by atoms with van der Waals surface area (Å²) < 4.78 is 17.8. The molecule has 2 N–H and O–H groups in total. The third-order valence-electron chi connectivity index (χ3n) is 1.73. The van der Waals surface area contributed by atoms with Gasteiger partial charge in [-0.3, -0.25) is 0 Å². The van der Waals surface area contributed by atoms with Gasteiger partial charge in [-0.25, -0.2) is 4.39 Å². The van der Waals surface area contributed by atoms with Crippen molar-refractivity contribution in [2.75, 3.05) is 6.61 Å². The van der Waals surface area contributed by atoms with Crippen LogP contribution in [0.2, 0.25) is 0 Å². The Balaban J connectivity index is 2.41. The van der Waals surface area contributed by atoms with Crippen LogP contribution in [-0.4, -0.2) is 40.1 Å². The molecular weight excluding hydrogens is 136 g/mol. The smallest absolute Gasteiger partial charge is 0.261 e. The highest BCUT2D eigenvalue weighted by atomic mass is 27.0. The van der Waals surface area contributed by atoms with E-state index in [4.69, 9.17) is 10.5 Å². The molecule has 0 saturated carbocycles. The first-order valence-corrected chi connectivity index (χ1v) is 4.38. The van der Waals surface area contributed by atoms with Crippen LogP contribution in [-0.2, 0) is 4.74 Å². The second-order valence-corrected chi connectivity index (χ2v) is 3.60. The molecule has 0 aromatic carbocycles. The lowest BCUT2D eigenvalue weighted by Crippen LogP contribution is -2.48. The first kappa shape index (κ1) is 7.49. The van der Waals surface area contributed by atoms with E-state index in [1.807, 2.05) is 0 Å². The van der Waals surface area contributed by atoms with Gasteiger partial charge >= 0.3 is 0 Å². The van der Waals surface area contributed by atoms with Gasteiger partial charge in [0, 0.05) is 24.0 Å². The summed E-state index contributed by atoms with van der Waals surface area (Å²) in [5.74, 6) is 0. The van der Waals surface area contributed by atoms with Gasteiger partial charge < -0.3 is 10.5 Å². The van der Waals surface area contributed by atoms with E-state index >= 15 is 0 Å². The number of ether oxygens (including phenoxy) is 1. The molecule has 0 radical (unpaired) electrons. The van der Waals surface area contributed by atoms with Crippen molar-refractivity contribution in [2.45, 2.75) is 23.6 Å². The average molecular weight is 147 g/mol. The summed E-state index contributed by atoms with van der Waals surface area (Å²) in [5.41, 5.74) is 5.46. The van der Waals surface area contributed by atoms with Crippen molar-refractivity contribution in [3.05, 3.63) is 0 Å². The number of hydrogen-bond acceptors (Lipinski definition) is 2. The largest absolute Gasteiger partial charge is 0.392 e. The van der Waals surface area contributed by atoms with Crippen LogP contribution >= 0.6 is 0 Å². The Bertz CT molecular complexity index is 93.0. The summed E-state index contributed by atoms with van der Waals surface area (Å²) in [6.45, 7) is 0.545. The Morgan fingerprint density at radius 2 is 2.33 bits per heavy atom. The fourth-order valence-corrected chi connectivity index (χ4v) is 1.62. The third kappa shape index (κ3) is 1.65. The van der Waals surface area contributed by atoms with Gasteiger partial charge in [0.1, 0.15) is 6.17 Å². The van der Waals surface area contributed by atoms with Crippen molar-refractivity contribution in [1.82, 2.24) is 0 Å². The molecule has 0 aromatic heterocycles. The highest BCUT2D eigenvalue weighted by Crippen LogP contribution is 2.13. The highest BCUT2D eigenvalue weighted by molar-refractivity contribution is 6.11. The number of hydrogen-bond donors (Lipinski definition) is 1. The lowest BCUT2D eigenvalue weighted by molar-refractivity contribution is 0.00920. The molecule has 0 bridgehead atoms. The Morgan fingerprint density at radius 3 is 2.78 bits per heavy atom. The number of nitrogens with two attached hydrogens (primary N) is 1. The highest BCUT2D eigenvalue weighted by Gasteiger charge is 2.27. The van der Waals surface area contributed by atoms with E-state index in [0.29, 0.717) is 13.0 Å². The summed E-state index contributed by atoms with van der Waals surface area (Å²) in [7, 11) is 0. The summed E-state index contributed by atoms with van der Waals surface area (Å²) >= 11 is 0.835. The van der Waals surface area contributed by atoms with Crippen LogP contribution in [0.15, 0.2) is 0 Å². The van der Waals surface area contributed by atoms with Crippen molar-refractivity contribution < 1.29 is 9.13 Å². The molecule has 9 heavy (non-hydrogen) atoms. The molecule has 0 amide bonds. The molecule has 1 aliphatic rings. The average Bonchev–Trinajstić information content (AvgIpc) is 1.83. The van der Waals surface area contributed by atoms with Crippen LogP contribution in [0, 0.1) is 0 Å². The van der Waals surface area contributed by atoms with Gasteiger partial charge in [0.25, 0.3) is 16.3 Å². The van der Waals surface area contributed by atoms with E-state index in [1.165, 1.54) is 0 Å². The zero-order valence-electron chi connectivity index (χ0n) is 5.51. The second kappa shape index (κ2) is 2.98. The summed E-state index contributed by atoms with van der Waals surface area (Å²) in [6.07, 6.45) is -0.360. The maximum atomic E-state index is 12.6. The lowest BCUT2D eigenvalue weighted by atomic mass is 10.1. The van der Waals surface area contributed by atoms with Gasteiger partial charge in [0.15, 0.2) is 0 Å². The predicted molar refractivity (Wildman–Crippen MR) is 35.8 cm³/mol. The fourth-order valence-electron chi connectivity index (χ4n) is 0.964. The molecule has 3 atom stereocenters. The summed E-state index contributed by atoms with van der Waals surface area (Å²) in [5, 5.41) is 0. The monoisotopic (exact) mass is 147 g/mol. The van der Waals surface area contributed by atoms with Crippen molar-refractivity contribution in [3.8, 4) is 0 Å². The predicted octanol–water partition coefficient (Wildman–Crippen LogP) is -0.969. The Hall–Kier alpha value is 0.382. The van der Waals surface area contributed by atoms with Gasteiger partial charge in [-0.15, -0.1) is 0 Å². The first-order chi connectivity index (χ1) is 4.22. The molecule has 1 aliphatic heterocycles. The van der Waals surface area contributed by atoms with Gasteiger partial charge in [0.2, 0.25) is 0 Å². The maximum Gasteiger partial charge on any atom is 0.261 e. The Labute approximate surface area is 62.0 Å². The van der Waals surface area contributed by atoms with E-state index in [0.717, 1.165) is 16.3 Å². The Kier molecular flexibility index (Phi) is 2.48. The summed E-state index contributed by atoms with van der Waals surface area (Å²) in [6, 6.07) is -0.356. The lowest BCUT2D eigenvalue weighted by Gasteiger charge is -2.29. The zero-order valence-corrected chi connectivity index (χ0v) is 7.51. The molecule has 1 fully saturated rings. The molecule has 0 spiro atoms. The Morgan fingerprint density at radius 1 is 1.67 bits per heavy atom. The van der Waals surface area contributed by atoms with E-state index < -0.39 is 6.17 Å². The maximum absolute atomic E-state index is 12.6. The minimum atomic E-state index is -0.832. The number of alkyl halides is 1. The molecule has 2 nitrogen and oxygen atoms in total. The van der Waals surface area contributed by atoms with E-state index in [9.17, 15) is 4.39 Å². The van der Waals surface area contributed by atoms with Crippen LogP contribution in [0.4, 0.5) is 4.39 Å². The van der Waals surface area contributed by atoms with Gasteiger partial charge in [-0.1, -0.05) is 0 Å². The minimum Gasteiger partial charge on any atom is -0.392 e. The first-order valence-electron chi connectivity index (χ1n) is 3.23. The van der Waals surface area contributed by atoms with Crippen LogP contribution in [0.3, 0.4) is 0 Å². The van der Waals surface area contributed by atoms with E-state index in [1.54, 1.807) is 0 Å². The van der Waals surface area contributed by atoms with Gasteiger partial charge in [0.05, 0.1) is 0 Å². The fraction of sp³-hybridized carbons (Fsp3) is 1.00. The molecule has 0 aromatic rings. The standard InChI is InChI=1S/C5H9FNO.Al.2H/c6-4-1-2-8-3-5(4)7;;;/h3-5H,1-2,7H2;;;/t4?,5-;;;/m0.../s1. The quantitative estimate of drug-likeness (QED) is 0.447. The van der Waals surface area contributed by atoms with Gasteiger partial charge in [-0.05, 0) is 0 Å². The normalized spacial score (nSPS) is 44.9. The van der Waals surface area contributed by atoms with Crippen molar-refractivity contribution >= 4 is 16.3 Å². The van der Waals surface area contributed by atoms with Gasteiger partial charge in [-0.2, -0.15) is 0 Å². The number of halogens is 1. The van der Waals surface area contributed by atoms with Crippen LogP contribution in [0.25, 0.3) is 0 Å². The second-order valence-electron chi connectivity index (χ2n) is 2.46. The molecule has 0 aliphatic carbocycles. The molecule has 4 heteroatoms. The van der Waals surface area contributed by atoms with Crippen LogP contribution in [0.5, 0.6) is 0 Å². The zero-order chi connectivity index (χ0) is 6.85. The van der Waals surface area contributed by atoms with Crippen molar-refractivity contribution in [1.29, 1.82) is 0 Å². The molecule has 1 heterocycles.